The molecule has 0 bridgehead atoms. The van der Waals surface area contributed by atoms with Gasteiger partial charge in [0.15, 0.2) is 5.82 Å². The lowest BCUT2D eigenvalue weighted by molar-refractivity contribution is 0.982. The van der Waals surface area contributed by atoms with Crippen molar-refractivity contribution in [2.75, 3.05) is 10.6 Å². The molecule has 1 heterocycles. The predicted octanol–water partition coefficient (Wildman–Crippen LogP) is 5.63. The second kappa shape index (κ2) is 7.21. The Kier molecular flexibility index (Phi) is 5.04. The number of anilines is 4. The van der Waals surface area contributed by atoms with Gasteiger partial charge >= 0.3 is 0 Å². The highest BCUT2D eigenvalue weighted by atomic mass is 35.5. The predicted molar refractivity (Wildman–Crippen MR) is 99.0 cm³/mol. The number of halogens is 3. The Bertz CT molecular complexity index is 817. The molecular formula is C16H12Cl3N5. The fraction of sp³-hybridized carbons (Fsp3) is 0.0625. The number of rotatable bonds is 4. The highest BCUT2D eigenvalue weighted by molar-refractivity contribution is 6.36. The zero-order valence-corrected chi connectivity index (χ0v) is 14.8. The van der Waals surface area contributed by atoms with Crippen molar-refractivity contribution < 1.29 is 0 Å². The quantitative estimate of drug-likeness (QED) is 0.614. The number of benzene rings is 2. The number of nitrogens with zero attached hydrogens (tertiary/aromatic N) is 3. The van der Waals surface area contributed by atoms with Crippen molar-refractivity contribution in [3.05, 3.63) is 63.2 Å². The van der Waals surface area contributed by atoms with Crippen LogP contribution in [-0.2, 0) is 0 Å². The van der Waals surface area contributed by atoms with Gasteiger partial charge in [0.05, 0.1) is 16.9 Å². The summed E-state index contributed by atoms with van der Waals surface area (Å²) in [7, 11) is 0. The number of nitrogens with one attached hydrogen (secondary N) is 2. The summed E-state index contributed by atoms with van der Waals surface area (Å²) >= 11 is 18.0. The fourth-order valence-electron chi connectivity index (χ4n) is 2.03. The molecule has 0 aliphatic carbocycles. The third-order valence-corrected chi connectivity index (χ3v) is 3.97. The summed E-state index contributed by atoms with van der Waals surface area (Å²) in [5, 5.41) is 15.8. The van der Waals surface area contributed by atoms with Crippen LogP contribution in [0.15, 0.2) is 42.6 Å². The molecule has 1 aromatic heterocycles. The topological polar surface area (TPSA) is 62.7 Å². The fourth-order valence-corrected chi connectivity index (χ4v) is 2.72. The summed E-state index contributed by atoms with van der Waals surface area (Å²) in [6.07, 6.45) is 1.50. The smallest absolute Gasteiger partial charge is 0.249 e. The van der Waals surface area contributed by atoms with Gasteiger partial charge in [-0.05, 0) is 48.9 Å². The second-order valence-corrected chi connectivity index (χ2v) is 6.28. The number of aryl methyl sites for hydroxylation is 1. The summed E-state index contributed by atoms with van der Waals surface area (Å²) in [6.45, 7) is 1.94. The van der Waals surface area contributed by atoms with E-state index >= 15 is 0 Å². The maximum absolute atomic E-state index is 6.15. The Balaban J connectivity index is 1.81. The number of hydrogen-bond acceptors (Lipinski definition) is 5. The standard InChI is InChI=1S/C16H12Cl3N5/c1-9-6-10(17)2-4-13(9)22-16-23-15(8-20-24-16)21-14-5-3-11(18)7-12(14)19/h2-8H,1H3,(H2,21,22,23,24). The molecule has 0 saturated carbocycles. The van der Waals surface area contributed by atoms with Crippen molar-refractivity contribution in [3.8, 4) is 0 Å². The van der Waals surface area contributed by atoms with Crippen LogP contribution in [0.3, 0.4) is 0 Å². The van der Waals surface area contributed by atoms with Crippen molar-refractivity contribution in [3.63, 3.8) is 0 Å². The summed E-state index contributed by atoms with van der Waals surface area (Å²) < 4.78 is 0. The molecule has 24 heavy (non-hydrogen) atoms. The summed E-state index contributed by atoms with van der Waals surface area (Å²) in [5.74, 6) is 0.860. The second-order valence-electron chi connectivity index (χ2n) is 5.00. The van der Waals surface area contributed by atoms with E-state index in [-0.39, 0.29) is 0 Å². The van der Waals surface area contributed by atoms with E-state index in [0.29, 0.717) is 32.5 Å². The zero-order valence-electron chi connectivity index (χ0n) is 12.5. The normalized spacial score (nSPS) is 10.5. The maximum atomic E-state index is 6.15. The van der Waals surface area contributed by atoms with E-state index < -0.39 is 0 Å². The van der Waals surface area contributed by atoms with Crippen LogP contribution in [0.2, 0.25) is 15.1 Å². The molecule has 0 unspecified atom stereocenters. The SMILES string of the molecule is Cc1cc(Cl)ccc1Nc1nncc(Nc2ccc(Cl)cc2Cl)n1. The van der Waals surface area contributed by atoms with Crippen LogP contribution in [0.5, 0.6) is 0 Å². The van der Waals surface area contributed by atoms with Crippen LogP contribution >= 0.6 is 34.8 Å². The zero-order chi connectivity index (χ0) is 17.1. The number of hydrogen-bond donors (Lipinski definition) is 2. The third kappa shape index (κ3) is 4.06. The lowest BCUT2D eigenvalue weighted by Gasteiger charge is -2.10. The minimum atomic E-state index is 0.357. The first kappa shape index (κ1) is 16.8. The summed E-state index contributed by atoms with van der Waals surface area (Å²) in [6, 6.07) is 10.7. The molecule has 3 rings (SSSR count). The molecular weight excluding hydrogens is 369 g/mol. The Hall–Kier alpha value is -2.08. The number of aromatic nitrogens is 3. The van der Waals surface area contributed by atoms with E-state index in [2.05, 4.69) is 25.8 Å². The minimum absolute atomic E-state index is 0.357. The largest absolute Gasteiger partial charge is 0.338 e. The van der Waals surface area contributed by atoms with Gasteiger partial charge in [0.25, 0.3) is 0 Å². The first-order valence-electron chi connectivity index (χ1n) is 6.96. The monoisotopic (exact) mass is 379 g/mol. The lowest BCUT2D eigenvalue weighted by atomic mass is 10.2. The van der Waals surface area contributed by atoms with Gasteiger partial charge in [-0.3, -0.25) is 0 Å². The highest BCUT2D eigenvalue weighted by Crippen LogP contribution is 2.28. The van der Waals surface area contributed by atoms with E-state index in [1.807, 2.05) is 19.1 Å². The molecule has 0 aliphatic rings. The van der Waals surface area contributed by atoms with E-state index in [0.717, 1.165) is 11.3 Å². The van der Waals surface area contributed by atoms with Crippen LogP contribution in [0.25, 0.3) is 0 Å². The maximum Gasteiger partial charge on any atom is 0.249 e. The average molecular weight is 381 g/mol. The van der Waals surface area contributed by atoms with Crippen LogP contribution < -0.4 is 10.6 Å². The Morgan fingerprint density at radius 3 is 2.29 bits per heavy atom. The van der Waals surface area contributed by atoms with Crippen LogP contribution in [0.1, 0.15) is 5.56 Å². The van der Waals surface area contributed by atoms with E-state index in [1.165, 1.54) is 6.20 Å². The average Bonchev–Trinajstić information content (AvgIpc) is 2.53. The van der Waals surface area contributed by atoms with Gasteiger partial charge in [-0.2, -0.15) is 10.1 Å². The van der Waals surface area contributed by atoms with Gasteiger partial charge < -0.3 is 10.6 Å². The van der Waals surface area contributed by atoms with Gasteiger partial charge in [-0.15, -0.1) is 5.10 Å². The minimum Gasteiger partial charge on any atom is -0.338 e. The van der Waals surface area contributed by atoms with Gasteiger partial charge in [0, 0.05) is 15.7 Å². The summed E-state index contributed by atoms with van der Waals surface area (Å²) in [5.41, 5.74) is 2.50. The molecule has 122 valence electrons. The van der Waals surface area contributed by atoms with E-state index in [4.69, 9.17) is 34.8 Å². The van der Waals surface area contributed by atoms with E-state index in [9.17, 15) is 0 Å². The molecule has 8 heteroatoms. The lowest BCUT2D eigenvalue weighted by Crippen LogP contribution is -2.03. The van der Waals surface area contributed by atoms with Crippen LogP contribution in [0.4, 0.5) is 23.1 Å². The van der Waals surface area contributed by atoms with Crippen molar-refractivity contribution in [1.29, 1.82) is 0 Å². The summed E-state index contributed by atoms with van der Waals surface area (Å²) in [4.78, 5) is 4.37. The van der Waals surface area contributed by atoms with Gasteiger partial charge in [0.2, 0.25) is 5.95 Å². The van der Waals surface area contributed by atoms with E-state index in [1.54, 1.807) is 24.3 Å². The van der Waals surface area contributed by atoms with Crippen molar-refractivity contribution >= 4 is 57.9 Å². The molecule has 5 nitrogen and oxygen atoms in total. The van der Waals surface area contributed by atoms with Crippen molar-refractivity contribution in [2.45, 2.75) is 6.92 Å². The molecule has 0 fully saturated rings. The molecule has 0 saturated heterocycles. The molecule has 0 spiro atoms. The van der Waals surface area contributed by atoms with Crippen LogP contribution in [-0.4, -0.2) is 15.2 Å². The molecule has 0 radical (unpaired) electrons. The molecule has 2 aromatic carbocycles. The van der Waals surface area contributed by atoms with Crippen molar-refractivity contribution in [2.24, 2.45) is 0 Å². The molecule has 0 amide bonds. The first-order chi connectivity index (χ1) is 11.5. The van der Waals surface area contributed by atoms with Crippen molar-refractivity contribution in [1.82, 2.24) is 15.2 Å². The van der Waals surface area contributed by atoms with Gasteiger partial charge in [-0.1, -0.05) is 34.8 Å². The van der Waals surface area contributed by atoms with Gasteiger partial charge in [0.1, 0.15) is 0 Å². The Labute approximate surface area is 154 Å². The Morgan fingerprint density at radius 2 is 1.58 bits per heavy atom. The first-order valence-corrected chi connectivity index (χ1v) is 8.09. The van der Waals surface area contributed by atoms with Gasteiger partial charge in [-0.25, -0.2) is 0 Å². The molecule has 0 aliphatic heterocycles. The Morgan fingerprint density at radius 1 is 0.875 bits per heavy atom. The molecule has 0 atom stereocenters. The molecule has 3 aromatic rings. The van der Waals surface area contributed by atoms with Crippen LogP contribution in [0, 0.1) is 6.92 Å². The molecule has 2 N–H and O–H groups in total. The highest BCUT2D eigenvalue weighted by Gasteiger charge is 2.06. The third-order valence-electron chi connectivity index (χ3n) is 3.19.